The zero-order chi connectivity index (χ0) is 16.7. The molecular formula is C15H13ClF3N3O. The number of rotatable bonds is 2. The maximum absolute atomic E-state index is 13.8. The van der Waals surface area contributed by atoms with Crippen molar-refractivity contribution in [1.29, 1.82) is 0 Å². The van der Waals surface area contributed by atoms with Gasteiger partial charge in [0.2, 0.25) is 0 Å². The van der Waals surface area contributed by atoms with Crippen molar-refractivity contribution in [2.24, 2.45) is 7.05 Å². The Morgan fingerprint density at radius 2 is 2.13 bits per heavy atom. The molecular weight excluding hydrogens is 331 g/mol. The third-order valence-electron chi connectivity index (χ3n) is 3.92. The molecule has 2 aromatic rings. The van der Waals surface area contributed by atoms with Crippen molar-refractivity contribution in [2.75, 3.05) is 11.4 Å². The lowest BCUT2D eigenvalue weighted by atomic mass is 10.0. The van der Waals surface area contributed by atoms with Gasteiger partial charge in [0.15, 0.2) is 0 Å². The molecule has 122 valence electrons. The molecule has 3 rings (SSSR count). The summed E-state index contributed by atoms with van der Waals surface area (Å²) in [4.78, 5) is 14.0. The first kappa shape index (κ1) is 15.9. The van der Waals surface area contributed by atoms with Crippen LogP contribution >= 0.6 is 11.6 Å². The Morgan fingerprint density at radius 1 is 1.39 bits per heavy atom. The van der Waals surface area contributed by atoms with Gasteiger partial charge in [0.25, 0.3) is 12.3 Å². The van der Waals surface area contributed by atoms with E-state index in [2.05, 4.69) is 5.10 Å². The van der Waals surface area contributed by atoms with E-state index in [0.29, 0.717) is 12.8 Å². The number of carbonyl (C=O) groups excluding carboxylic acids is 1. The molecule has 2 heterocycles. The molecule has 1 aromatic carbocycles. The number of amides is 1. The van der Waals surface area contributed by atoms with Crippen molar-refractivity contribution in [3.63, 3.8) is 0 Å². The molecule has 1 aromatic heterocycles. The average Bonchev–Trinajstić information content (AvgIpc) is 2.91. The molecule has 0 bridgehead atoms. The van der Waals surface area contributed by atoms with Crippen molar-refractivity contribution < 1.29 is 18.0 Å². The third-order valence-corrected chi connectivity index (χ3v) is 4.28. The standard InChI is InChI=1S/C15H13ClF3N3O/c1-21-13(14(18)19)9(7-20-21)15(23)22-6-2-3-8-4-5-10(17)11(16)12(8)22/h4-5,7,14H,2-3,6H2,1H3. The lowest BCUT2D eigenvalue weighted by molar-refractivity contribution is 0.0967. The Bertz CT molecular complexity index is 776. The number of fused-ring (bicyclic) bond motifs is 1. The number of aryl methyl sites for hydroxylation is 2. The average molecular weight is 344 g/mol. The Balaban J connectivity index is 2.08. The zero-order valence-corrected chi connectivity index (χ0v) is 12.9. The normalized spacial score (nSPS) is 14.3. The molecule has 23 heavy (non-hydrogen) atoms. The van der Waals surface area contributed by atoms with Crippen LogP contribution in [-0.2, 0) is 13.5 Å². The minimum absolute atomic E-state index is 0.168. The second-order valence-corrected chi connectivity index (χ2v) is 5.68. The van der Waals surface area contributed by atoms with Crippen molar-refractivity contribution >= 4 is 23.2 Å². The van der Waals surface area contributed by atoms with Gasteiger partial charge in [0.1, 0.15) is 16.5 Å². The summed E-state index contributed by atoms with van der Waals surface area (Å²) in [6.45, 7) is 0.284. The number of benzene rings is 1. The summed E-state index contributed by atoms with van der Waals surface area (Å²) in [7, 11) is 1.34. The fraction of sp³-hybridized carbons (Fsp3) is 0.333. The van der Waals surface area contributed by atoms with Crippen molar-refractivity contribution in [2.45, 2.75) is 19.3 Å². The predicted octanol–water partition coefficient (Wildman–Crippen LogP) is 3.74. The molecule has 0 radical (unpaired) electrons. The molecule has 0 aliphatic carbocycles. The summed E-state index contributed by atoms with van der Waals surface area (Å²) in [5, 5.41) is 3.56. The number of anilines is 1. The van der Waals surface area contributed by atoms with Crippen molar-refractivity contribution in [3.8, 4) is 0 Å². The summed E-state index contributed by atoms with van der Waals surface area (Å²) < 4.78 is 41.1. The van der Waals surface area contributed by atoms with Crippen LogP contribution in [0.5, 0.6) is 0 Å². The Morgan fingerprint density at radius 3 is 2.83 bits per heavy atom. The van der Waals surface area contributed by atoms with Gasteiger partial charge in [-0.05, 0) is 24.5 Å². The van der Waals surface area contributed by atoms with E-state index in [1.807, 2.05) is 0 Å². The van der Waals surface area contributed by atoms with Crippen LogP contribution < -0.4 is 4.90 Å². The highest BCUT2D eigenvalue weighted by Gasteiger charge is 2.31. The van der Waals surface area contributed by atoms with Gasteiger partial charge < -0.3 is 4.90 Å². The minimum atomic E-state index is -2.84. The Hall–Kier alpha value is -2.02. The van der Waals surface area contributed by atoms with Gasteiger partial charge in [-0.15, -0.1) is 0 Å². The summed E-state index contributed by atoms with van der Waals surface area (Å²) in [5.74, 6) is -1.30. The molecule has 0 N–H and O–H groups in total. The van der Waals surface area contributed by atoms with Crippen LogP contribution in [-0.4, -0.2) is 22.2 Å². The van der Waals surface area contributed by atoms with E-state index in [1.54, 1.807) is 6.07 Å². The first-order valence-electron chi connectivity index (χ1n) is 7.00. The van der Waals surface area contributed by atoms with Gasteiger partial charge in [-0.25, -0.2) is 13.2 Å². The summed E-state index contributed by atoms with van der Waals surface area (Å²) in [6, 6.07) is 2.80. The van der Waals surface area contributed by atoms with Crippen LogP contribution in [0.15, 0.2) is 18.3 Å². The lowest BCUT2D eigenvalue weighted by Gasteiger charge is -2.30. The molecule has 0 saturated carbocycles. The summed E-state index contributed by atoms with van der Waals surface area (Å²) in [5.41, 5.74) is 0.316. The molecule has 0 spiro atoms. The lowest BCUT2D eigenvalue weighted by Crippen LogP contribution is -2.36. The number of carbonyl (C=O) groups is 1. The molecule has 0 fully saturated rings. The third kappa shape index (κ3) is 2.59. The van der Waals surface area contributed by atoms with Gasteiger partial charge >= 0.3 is 0 Å². The van der Waals surface area contributed by atoms with Crippen LogP contribution in [0.3, 0.4) is 0 Å². The summed E-state index contributed by atoms with van der Waals surface area (Å²) >= 11 is 6.01. The summed E-state index contributed by atoms with van der Waals surface area (Å²) in [6.07, 6.45) is -0.446. The second kappa shape index (κ2) is 5.88. The SMILES string of the molecule is Cn1ncc(C(=O)N2CCCc3ccc(F)c(Cl)c32)c1C(F)F. The molecule has 4 nitrogen and oxygen atoms in total. The fourth-order valence-corrected chi connectivity index (χ4v) is 3.12. The molecule has 0 unspecified atom stereocenters. The molecule has 0 saturated heterocycles. The predicted molar refractivity (Wildman–Crippen MR) is 79.6 cm³/mol. The number of nitrogens with zero attached hydrogens (tertiary/aromatic N) is 3. The zero-order valence-electron chi connectivity index (χ0n) is 12.2. The topological polar surface area (TPSA) is 38.1 Å². The maximum atomic E-state index is 13.8. The van der Waals surface area contributed by atoms with Crippen LogP contribution in [0.1, 0.15) is 34.5 Å². The highest BCUT2D eigenvalue weighted by atomic mass is 35.5. The van der Waals surface area contributed by atoms with E-state index in [9.17, 15) is 18.0 Å². The largest absolute Gasteiger partial charge is 0.306 e. The van der Waals surface area contributed by atoms with Crippen LogP contribution in [0, 0.1) is 5.82 Å². The number of alkyl halides is 2. The highest BCUT2D eigenvalue weighted by Crippen LogP contribution is 2.37. The van der Waals surface area contributed by atoms with Gasteiger partial charge in [-0.2, -0.15) is 5.10 Å². The minimum Gasteiger partial charge on any atom is -0.306 e. The molecule has 1 aliphatic heterocycles. The second-order valence-electron chi connectivity index (χ2n) is 5.30. The monoisotopic (exact) mass is 343 g/mol. The van der Waals surface area contributed by atoms with Gasteiger partial charge in [0.05, 0.1) is 17.4 Å². The van der Waals surface area contributed by atoms with E-state index in [1.165, 1.54) is 18.0 Å². The molecule has 1 aliphatic rings. The number of halogens is 4. The van der Waals surface area contributed by atoms with E-state index in [-0.39, 0.29) is 22.8 Å². The van der Waals surface area contributed by atoms with Crippen LogP contribution in [0.2, 0.25) is 5.02 Å². The van der Waals surface area contributed by atoms with Crippen LogP contribution in [0.4, 0.5) is 18.9 Å². The highest BCUT2D eigenvalue weighted by molar-refractivity contribution is 6.34. The van der Waals surface area contributed by atoms with Crippen LogP contribution in [0.25, 0.3) is 0 Å². The smallest absolute Gasteiger partial charge is 0.280 e. The van der Waals surface area contributed by atoms with E-state index < -0.39 is 23.8 Å². The first-order valence-corrected chi connectivity index (χ1v) is 7.38. The molecule has 0 atom stereocenters. The van der Waals surface area contributed by atoms with E-state index in [4.69, 9.17) is 11.6 Å². The first-order chi connectivity index (χ1) is 10.9. The number of aromatic nitrogens is 2. The van der Waals surface area contributed by atoms with Crippen molar-refractivity contribution in [3.05, 3.63) is 46.0 Å². The Labute approximate surface area is 135 Å². The number of hydrogen-bond acceptors (Lipinski definition) is 2. The van der Waals surface area contributed by atoms with Gasteiger partial charge in [-0.1, -0.05) is 17.7 Å². The fourth-order valence-electron chi connectivity index (χ4n) is 2.83. The van der Waals surface area contributed by atoms with E-state index in [0.717, 1.165) is 16.4 Å². The number of hydrogen-bond donors (Lipinski definition) is 0. The van der Waals surface area contributed by atoms with Gasteiger partial charge in [-0.3, -0.25) is 9.48 Å². The quantitative estimate of drug-likeness (QED) is 0.833. The molecule has 1 amide bonds. The maximum Gasteiger partial charge on any atom is 0.280 e. The van der Waals surface area contributed by atoms with E-state index >= 15 is 0 Å². The Kier molecular flexibility index (Phi) is 4.06. The van der Waals surface area contributed by atoms with Gasteiger partial charge in [0, 0.05) is 13.6 Å². The molecule has 8 heteroatoms. The van der Waals surface area contributed by atoms with Crippen molar-refractivity contribution in [1.82, 2.24) is 9.78 Å².